The highest BCUT2D eigenvalue weighted by Gasteiger charge is 2.39. The first-order valence-corrected chi connectivity index (χ1v) is 9.14. The van der Waals surface area contributed by atoms with Crippen molar-refractivity contribution < 1.29 is 4.74 Å². The van der Waals surface area contributed by atoms with Gasteiger partial charge in [-0.2, -0.15) is 0 Å². The van der Waals surface area contributed by atoms with E-state index in [4.69, 9.17) is 4.74 Å². The maximum atomic E-state index is 5.82. The van der Waals surface area contributed by atoms with Crippen LogP contribution in [0.2, 0.25) is 0 Å². The van der Waals surface area contributed by atoms with Crippen molar-refractivity contribution in [1.82, 2.24) is 10.2 Å². The zero-order valence-electron chi connectivity index (χ0n) is 14.7. The molecule has 0 spiro atoms. The lowest BCUT2D eigenvalue weighted by molar-refractivity contribution is -0.0415. The summed E-state index contributed by atoms with van der Waals surface area (Å²) >= 11 is 0. The quantitative estimate of drug-likeness (QED) is 0.814. The van der Waals surface area contributed by atoms with Crippen molar-refractivity contribution in [2.75, 3.05) is 32.8 Å². The minimum Gasteiger partial charge on any atom is -0.376 e. The number of hydrogen-bond donors (Lipinski definition) is 1. The highest BCUT2D eigenvalue weighted by molar-refractivity contribution is 4.94. The van der Waals surface area contributed by atoms with E-state index in [-0.39, 0.29) is 0 Å². The minimum absolute atomic E-state index is 0.439. The summed E-state index contributed by atoms with van der Waals surface area (Å²) in [6, 6.07) is 0.675. The second kappa shape index (κ2) is 7.94. The molecule has 21 heavy (non-hydrogen) atoms. The van der Waals surface area contributed by atoms with Gasteiger partial charge in [0, 0.05) is 25.7 Å². The van der Waals surface area contributed by atoms with E-state index in [1.807, 2.05) is 0 Å². The Labute approximate surface area is 131 Å². The lowest BCUT2D eigenvalue weighted by Gasteiger charge is -2.47. The van der Waals surface area contributed by atoms with E-state index in [1.165, 1.54) is 32.2 Å². The molecule has 124 valence electrons. The standard InChI is InChI=1S/C18H36N2O/c1-5-10-19-17-15(8-7-9-18(17,3)4)13-20-11-12-21-16(6-2)14-20/h15-17,19H,5-14H2,1-4H3. The van der Waals surface area contributed by atoms with Gasteiger partial charge in [0.05, 0.1) is 12.7 Å². The van der Waals surface area contributed by atoms with Crippen LogP contribution in [0.25, 0.3) is 0 Å². The number of ether oxygens (including phenoxy) is 1. The number of morpholine rings is 1. The molecule has 1 heterocycles. The van der Waals surface area contributed by atoms with Crippen molar-refractivity contribution in [3.63, 3.8) is 0 Å². The van der Waals surface area contributed by atoms with Crippen LogP contribution in [0, 0.1) is 11.3 Å². The molecular weight excluding hydrogens is 260 g/mol. The number of hydrogen-bond acceptors (Lipinski definition) is 3. The molecule has 2 fully saturated rings. The summed E-state index contributed by atoms with van der Waals surface area (Å²) in [4.78, 5) is 2.66. The van der Waals surface area contributed by atoms with Crippen LogP contribution < -0.4 is 5.32 Å². The Morgan fingerprint density at radius 1 is 1.29 bits per heavy atom. The average Bonchev–Trinajstić information content (AvgIpc) is 2.46. The van der Waals surface area contributed by atoms with Crippen molar-refractivity contribution in [2.45, 2.75) is 71.9 Å². The molecule has 1 aliphatic heterocycles. The summed E-state index contributed by atoms with van der Waals surface area (Å²) in [5.74, 6) is 0.802. The number of nitrogens with zero attached hydrogens (tertiary/aromatic N) is 1. The maximum absolute atomic E-state index is 5.82. The molecule has 3 nitrogen and oxygen atoms in total. The molecule has 0 bridgehead atoms. The van der Waals surface area contributed by atoms with Crippen molar-refractivity contribution >= 4 is 0 Å². The third-order valence-electron chi connectivity index (χ3n) is 5.49. The summed E-state index contributed by atoms with van der Waals surface area (Å²) in [6.07, 6.45) is 6.98. The molecule has 1 N–H and O–H groups in total. The normalized spacial score (nSPS) is 34.0. The van der Waals surface area contributed by atoms with Crippen LogP contribution in [0.4, 0.5) is 0 Å². The van der Waals surface area contributed by atoms with E-state index in [1.54, 1.807) is 0 Å². The Hall–Kier alpha value is -0.120. The van der Waals surface area contributed by atoms with Crippen molar-refractivity contribution in [3.05, 3.63) is 0 Å². The molecule has 3 unspecified atom stereocenters. The van der Waals surface area contributed by atoms with E-state index in [0.29, 0.717) is 17.6 Å². The van der Waals surface area contributed by atoms with E-state index < -0.39 is 0 Å². The van der Waals surface area contributed by atoms with E-state index in [0.717, 1.165) is 38.6 Å². The maximum Gasteiger partial charge on any atom is 0.0700 e. The Bertz CT molecular complexity index is 306. The van der Waals surface area contributed by atoms with Crippen molar-refractivity contribution in [2.24, 2.45) is 11.3 Å². The van der Waals surface area contributed by atoms with Gasteiger partial charge in [-0.3, -0.25) is 4.90 Å². The number of nitrogens with one attached hydrogen (secondary N) is 1. The van der Waals surface area contributed by atoms with Gasteiger partial charge in [0.25, 0.3) is 0 Å². The lowest BCUT2D eigenvalue weighted by Crippen LogP contribution is -2.54. The number of rotatable bonds is 6. The third-order valence-corrected chi connectivity index (χ3v) is 5.49. The zero-order chi connectivity index (χ0) is 15.3. The first-order chi connectivity index (χ1) is 10.1. The average molecular weight is 296 g/mol. The first kappa shape index (κ1) is 17.2. The SMILES string of the molecule is CCCNC1C(CN2CCOC(CC)C2)CCCC1(C)C. The summed E-state index contributed by atoms with van der Waals surface area (Å²) in [5, 5.41) is 3.87. The van der Waals surface area contributed by atoms with Gasteiger partial charge in [0.1, 0.15) is 0 Å². The monoisotopic (exact) mass is 296 g/mol. The van der Waals surface area contributed by atoms with E-state index >= 15 is 0 Å². The smallest absolute Gasteiger partial charge is 0.0700 e. The minimum atomic E-state index is 0.439. The fourth-order valence-electron chi connectivity index (χ4n) is 4.24. The Kier molecular flexibility index (Phi) is 6.51. The van der Waals surface area contributed by atoms with Crippen molar-refractivity contribution in [1.29, 1.82) is 0 Å². The predicted octanol–water partition coefficient (Wildman–Crippen LogP) is 3.29. The molecule has 3 heteroatoms. The van der Waals surface area contributed by atoms with Gasteiger partial charge in [-0.05, 0) is 43.6 Å². The van der Waals surface area contributed by atoms with Gasteiger partial charge in [-0.15, -0.1) is 0 Å². The molecule has 2 rings (SSSR count). The fraction of sp³-hybridized carbons (Fsp3) is 1.00. The molecule has 2 aliphatic rings. The molecule has 3 atom stereocenters. The Balaban J connectivity index is 1.95. The van der Waals surface area contributed by atoms with E-state index in [2.05, 4.69) is 37.9 Å². The summed E-state index contributed by atoms with van der Waals surface area (Å²) in [6.45, 7) is 15.0. The third kappa shape index (κ3) is 4.67. The van der Waals surface area contributed by atoms with Crippen LogP contribution in [-0.2, 0) is 4.74 Å². The highest BCUT2D eigenvalue weighted by Crippen LogP contribution is 2.39. The first-order valence-electron chi connectivity index (χ1n) is 9.14. The highest BCUT2D eigenvalue weighted by atomic mass is 16.5. The van der Waals surface area contributed by atoms with Crippen LogP contribution in [0.5, 0.6) is 0 Å². The largest absolute Gasteiger partial charge is 0.376 e. The van der Waals surface area contributed by atoms with Gasteiger partial charge < -0.3 is 10.1 Å². The van der Waals surface area contributed by atoms with Gasteiger partial charge in [-0.1, -0.05) is 34.1 Å². The van der Waals surface area contributed by atoms with Crippen LogP contribution >= 0.6 is 0 Å². The molecule has 1 aliphatic carbocycles. The Morgan fingerprint density at radius 2 is 2.10 bits per heavy atom. The Morgan fingerprint density at radius 3 is 2.81 bits per heavy atom. The second-order valence-corrected chi connectivity index (χ2v) is 7.73. The summed E-state index contributed by atoms with van der Waals surface area (Å²) in [7, 11) is 0. The van der Waals surface area contributed by atoms with Gasteiger partial charge >= 0.3 is 0 Å². The zero-order valence-corrected chi connectivity index (χ0v) is 14.7. The summed E-state index contributed by atoms with van der Waals surface area (Å²) in [5.41, 5.74) is 0.439. The molecular formula is C18H36N2O. The molecule has 0 aromatic rings. The van der Waals surface area contributed by atoms with Crippen LogP contribution in [0.3, 0.4) is 0 Å². The predicted molar refractivity (Wildman–Crippen MR) is 89.7 cm³/mol. The van der Waals surface area contributed by atoms with Gasteiger partial charge in [0.2, 0.25) is 0 Å². The molecule has 0 aromatic heterocycles. The van der Waals surface area contributed by atoms with Gasteiger partial charge in [-0.25, -0.2) is 0 Å². The lowest BCUT2D eigenvalue weighted by atomic mass is 9.67. The van der Waals surface area contributed by atoms with Gasteiger partial charge in [0.15, 0.2) is 0 Å². The second-order valence-electron chi connectivity index (χ2n) is 7.73. The summed E-state index contributed by atoms with van der Waals surface area (Å²) < 4.78 is 5.82. The van der Waals surface area contributed by atoms with Crippen molar-refractivity contribution in [3.8, 4) is 0 Å². The van der Waals surface area contributed by atoms with Crippen LogP contribution in [-0.4, -0.2) is 49.8 Å². The van der Waals surface area contributed by atoms with Crippen LogP contribution in [0.1, 0.15) is 59.8 Å². The molecule has 0 radical (unpaired) electrons. The molecule has 0 amide bonds. The molecule has 0 aromatic carbocycles. The fourth-order valence-corrected chi connectivity index (χ4v) is 4.24. The molecule has 1 saturated heterocycles. The topological polar surface area (TPSA) is 24.5 Å². The molecule has 1 saturated carbocycles. The van der Waals surface area contributed by atoms with Crippen LogP contribution in [0.15, 0.2) is 0 Å². The van der Waals surface area contributed by atoms with E-state index in [9.17, 15) is 0 Å².